The van der Waals surface area contributed by atoms with E-state index in [1.54, 1.807) is 12.1 Å². The lowest BCUT2D eigenvalue weighted by molar-refractivity contribution is 0.0954. The molecular formula is C11H12N2O. The van der Waals surface area contributed by atoms with Crippen molar-refractivity contribution in [3.8, 4) is 0 Å². The third-order valence-electron chi connectivity index (χ3n) is 2.28. The van der Waals surface area contributed by atoms with Crippen LogP contribution in [0.15, 0.2) is 35.4 Å². The highest BCUT2D eigenvalue weighted by Gasteiger charge is 2.10. The van der Waals surface area contributed by atoms with Gasteiger partial charge in [-0.15, -0.1) is 0 Å². The second-order valence-electron chi connectivity index (χ2n) is 3.34. The van der Waals surface area contributed by atoms with Crippen LogP contribution in [0.2, 0.25) is 0 Å². The number of amides is 1. The zero-order valence-corrected chi connectivity index (χ0v) is 7.86. The van der Waals surface area contributed by atoms with E-state index in [9.17, 15) is 4.79 Å². The Morgan fingerprint density at radius 3 is 2.50 bits per heavy atom. The van der Waals surface area contributed by atoms with Gasteiger partial charge in [-0.3, -0.25) is 4.79 Å². The minimum Gasteiger partial charge on any atom is -0.267 e. The fourth-order valence-corrected chi connectivity index (χ4v) is 1.23. The SMILES string of the molecule is O=C(NN=C1CCC1)c1ccccc1. The Morgan fingerprint density at radius 1 is 1.21 bits per heavy atom. The number of nitrogens with one attached hydrogen (secondary N) is 1. The van der Waals surface area contributed by atoms with Crippen LogP contribution < -0.4 is 5.43 Å². The molecule has 0 bridgehead atoms. The van der Waals surface area contributed by atoms with Gasteiger partial charge in [0.25, 0.3) is 5.91 Å². The Morgan fingerprint density at radius 2 is 1.93 bits per heavy atom. The fourth-order valence-electron chi connectivity index (χ4n) is 1.23. The van der Waals surface area contributed by atoms with E-state index >= 15 is 0 Å². The third-order valence-corrected chi connectivity index (χ3v) is 2.28. The summed E-state index contributed by atoms with van der Waals surface area (Å²) < 4.78 is 0. The van der Waals surface area contributed by atoms with Crippen LogP contribution in [0.1, 0.15) is 29.6 Å². The summed E-state index contributed by atoms with van der Waals surface area (Å²) in [6.45, 7) is 0. The molecule has 1 aromatic rings. The number of carbonyl (C=O) groups is 1. The number of hydrogen-bond donors (Lipinski definition) is 1. The number of hydrogen-bond acceptors (Lipinski definition) is 2. The van der Waals surface area contributed by atoms with E-state index in [0.717, 1.165) is 18.6 Å². The molecule has 0 atom stereocenters. The van der Waals surface area contributed by atoms with Crippen LogP contribution in [0.25, 0.3) is 0 Å². The van der Waals surface area contributed by atoms with E-state index in [1.807, 2.05) is 18.2 Å². The smallest absolute Gasteiger partial charge is 0.267 e. The van der Waals surface area contributed by atoms with Crippen LogP contribution in [0, 0.1) is 0 Å². The first kappa shape index (κ1) is 8.94. The quantitative estimate of drug-likeness (QED) is 0.708. The van der Waals surface area contributed by atoms with Gasteiger partial charge >= 0.3 is 0 Å². The van der Waals surface area contributed by atoms with Crippen LogP contribution in [-0.2, 0) is 0 Å². The van der Waals surface area contributed by atoms with Crippen LogP contribution in [0.4, 0.5) is 0 Å². The molecule has 1 aromatic carbocycles. The monoisotopic (exact) mass is 188 g/mol. The Kier molecular flexibility index (Phi) is 2.58. The minimum atomic E-state index is -0.134. The number of rotatable bonds is 2. The van der Waals surface area contributed by atoms with E-state index in [4.69, 9.17) is 0 Å². The molecule has 0 heterocycles. The zero-order valence-electron chi connectivity index (χ0n) is 7.86. The molecule has 1 aliphatic carbocycles. The van der Waals surface area contributed by atoms with Crippen molar-refractivity contribution in [3.05, 3.63) is 35.9 Å². The minimum absolute atomic E-state index is 0.134. The second-order valence-corrected chi connectivity index (χ2v) is 3.34. The van der Waals surface area contributed by atoms with Crippen molar-refractivity contribution >= 4 is 11.6 Å². The van der Waals surface area contributed by atoms with Gasteiger partial charge in [0.15, 0.2) is 0 Å². The van der Waals surface area contributed by atoms with Crippen molar-refractivity contribution in [1.82, 2.24) is 5.43 Å². The summed E-state index contributed by atoms with van der Waals surface area (Å²) in [7, 11) is 0. The highest BCUT2D eigenvalue weighted by molar-refractivity contribution is 5.96. The van der Waals surface area contributed by atoms with Gasteiger partial charge in [0, 0.05) is 11.3 Å². The van der Waals surface area contributed by atoms with Crippen molar-refractivity contribution in [1.29, 1.82) is 0 Å². The summed E-state index contributed by atoms with van der Waals surface area (Å²) in [5, 5.41) is 4.02. The van der Waals surface area contributed by atoms with Gasteiger partial charge in [0.1, 0.15) is 0 Å². The molecule has 1 aliphatic rings. The average molecular weight is 188 g/mol. The van der Waals surface area contributed by atoms with Gasteiger partial charge in [0.05, 0.1) is 0 Å². The van der Waals surface area contributed by atoms with E-state index < -0.39 is 0 Å². The van der Waals surface area contributed by atoms with Crippen LogP contribution in [0.5, 0.6) is 0 Å². The van der Waals surface area contributed by atoms with Crippen LogP contribution in [-0.4, -0.2) is 11.6 Å². The lowest BCUT2D eigenvalue weighted by atomic mass is 9.98. The molecule has 0 saturated heterocycles. The molecule has 0 spiro atoms. The van der Waals surface area contributed by atoms with E-state index in [1.165, 1.54) is 6.42 Å². The number of benzene rings is 1. The third kappa shape index (κ3) is 1.99. The summed E-state index contributed by atoms with van der Waals surface area (Å²) in [5.41, 5.74) is 4.29. The second kappa shape index (κ2) is 4.05. The highest BCUT2D eigenvalue weighted by Crippen LogP contribution is 2.13. The number of nitrogens with zero attached hydrogens (tertiary/aromatic N) is 1. The Bertz CT molecular complexity index is 351. The van der Waals surface area contributed by atoms with Crippen molar-refractivity contribution < 1.29 is 4.79 Å². The van der Waals surface area contributed by atoms with Crippen molar-refractivity contribution in [3.63, 3.8) is 0 Å². The largest absolute Gasteiger partial charge is 0.271 e. The lowest BCUT2D eigenvalue weighted by Gasteiger charge is -2.13. The number of carbonyl (C=O) groups excluding carboxylic acids is 1. The maximum atomic E-state index is 11.5. The normalized spacial score (nSPS) is 14.4. The van der Waals surface area contributed by atoms with Crippen LogP contribution in [0.3, 0.4) is 0 Å². The predicted molar refractivity (Wildman–Crippen MR) is 55.2 cm³/mol. The Balaban J connectivity index is 1.96. The van der Waals surface area contributed by atoms with Crippen molar-refractivity contribution in [2.45, 2.75) is 19.3 Å². The molecule has 72 valence electrons. The molecule has 2 rings (SSSR count). The van der Waals surface area contributed by atoms with E-state index in [0.29, 0.717) is 5.56 Å². The molecular weight excluding hydrogens is 176 g/mol. The molecule has 14 heavy (non-hydrogen) atoms. The first-order chi connectivity index (χ1) is 6.86. The summed E-state index contributed by atoms with van der Waals surface area (Å²) in [6.07, 6.45) is 3.24. The fraction of sp³-hybridized carbons (Fsp3) is 0.273. The standard InChI is InChI=1S/C11H12N2O/c14-11(9-5-2-1-3-6-9)13-12-10-7-4-8-10/h1-3,5-6H,4,7-8H2,(H,13,14). The van der Waals surface area contributed by atoms with E-state index in [-0.39, 0.29) is 5.91 Å². The molecule has 1 fully saturated rings. The topological polar surface area (TPSA) is 41.5 Å². The highest BCUT2D eigenvalue weighted by atomic mass is 16.2. The molecule has 0 unspecified atom stereocenters. The van der Waals surface area contributed by atoms with Gasteiger partial charge in [0.2, 0.25) is 0 Å². The Labute approximate surface area is 82.8 Å². The molecule has 3 nitrogen and oxygen atoms in total. The summed E-state index contributed by atoms with van der Waals surface area (Å²) in [5.74, 6) is -0.134. The van der Waals surface area contributed by atoms with Gasteiger partial charge < -0.3 is 0 Å². The molecule has 1 saturated carbocycles. The maximum absolute atomic E-state index is 11.5. The molecule has 1 amide bonds. The van der Waals surface area contributed by atoms with Gasteiger partial charge in [-0.25, -0.2) is 5.43 Å². The van der Waals surface area contributed by atoms with Crippen molar-refractivity contribution in [2.24, 2.45) is 5.10 Å². The zero-order chi connectivity index (χ0) is 9.80. The van der Waals surface area contributed by atoms with Gasteiger partial charge in [-0.05, 0) is 31.4 Å². The number of hydrazone groups is 1. The van der Waals surface area contributed by atoms with E-state index in [2.05, 4.69) is 10.5 Å². The average Bonchev–Trinajstić information content (AvgIpc) is 2.16. The Hall–Kier alpha value is -1.64. The predicted octanol–water partition coefficient (Wildman–Crippen LogP) is 1.96. The lowest BCUT2D eigenvalue weighted by Crippen LogP contribution is -2.22. The molecule has 0 aliphatic heterocycles. The summed E-state index contributed by atoms with van der Waals surface area (Å²) in [6, 6.07) is 9.11. The summed E-state index contributed by atoms with van der Waals surface area (Å²) in [4.78, 5) is 11.5. The van der Waals surface area contributed by atoms with Crippen LogP contribution >= 0.6 is 0 Å². The molecule has 0 radical (unpaired) electrons. The first-order valence-electron chi connectivity index (χ1n) is 4.77. The van der Waals surface area contributed by atoms with Crippen molar-refractivity contribution in [2.75, 3.05) is 0 Å². The summed E-state index contributed by atoms with van der Waals surface area (Å²) >= 11 is 0. The molecule has 1 N–H and O–H groups in total. The molecule has 3 heteroatoms. The first-order valence-corrected chi connectivity index (χ1v) is 4.77. The maximum Gasteiger partial charge on any atom is 0.271 e. The van der Waals surface area contributed by atoms with Gasteiger partial charge in [-0.1, -0.05) is 18.2 Å². The van der Waals surface area contributed by atoms with Gasteiger partial charge in [-0.2, -0.15) is 5.10 Å². The molecule has 0 aromatic heterocycles.